The molecule has 0 aliphatic carbocycles. The van der Waals surface area contributed by atoms with E-state index in [2.05, 4.69) is 32.8 Å². The number of hydrogen-bond donors (Lipinski definition) is 1. The van der Waals surface area contributed by atoms with Gasteiger partial charge in [-0.2, -0.15) is 13.2 Å². The molecule has 0 spiro atoms. The third-order valence-electron chi connectivity index (χ3n) is 5.06. The topological polar surface area (TPSA) is 70.1 Å². The number of carbonyl (C=O) groups excluding carboxylic acids is 1. The number of carboxylic acids is 1. The van der Waals surface area contributed by atoms with Crippen molar-refractivity contribution in [1.29, 1.82) is 0 Å². The van der Waals surface area contributed by atoms with Crippen LogP contribution in [-0.2, 0) is 9.53 Å². The molecule has 28 heavy (non-hydrogen) atoms. The van der Waals surface area contributed by atoms with Gasteiger partial charge in [-0.3, -0.25) is 4.79 Å². The Bertz CT molecular complexity index is 715. The molecule has 0 radical (unpaired) electrons. The lowest BCUT2D eigenvalue weighted by molar-refractivity contribution is -0.192. The highest BCUT2D eigenvalue weighted by Crippen LogP contribution is 2.42. The Morgan fingerprint density at radius 1 is 1.39 bits per heavy atom. The Labute approximate surface area is 165 Å². The number of halogens is 3. The van der Waals surface area contributed by atoms with Crippen LogP contribution in [0.1, 0.15) is 20.1 Å². The van der Waals surface area contributed by atoms with Crippen LogP contribution >= 0.6 is 11.3 Å². The van der Waals surface area contributed by atoms with Crippen molar-refractivity contribution in [1.82, 2.24) is 9.80 Å². The molecule has 3 heterocycles. The molecule has 1 amide bonds. The fraction of sp³-hybridized carbons (Fsp3) is 0.667. The van der Waals surface area contributed by atoms with Gasteiger partial charge in [-0.1, -0.05) is 0 Å². The van der Waals surface area contributed by atoms with Gasteiger partial charge in [0.2, 0.25) is 0 Å². The second kappa shape index (κ2) is 8.38. The van der Waals surface area contributed by atoms with Crippen LogP contribution in [0.3, 0.4) is 0 Å². The van der Waals surface area contributed by atoms with E-state index in [9.17, 15) is 18.0 Å². The van der Waals surface area contributed by atoms with Crippen molar-refractivity contribution in [3.05, 3.63) is 21.4 Å². The molecule has 0 saturated carbocycles. The molecular formula is C18H25F3N2O4S. The van der Waals surface area contributed by atoms with Gasteiger partial charge in [0.15, 0.2) is 0 Å². The highest BCUT2D eigenvalue weighted by atomic mass is 32.1. The first-order valence-electron chi connectivity index (χ1n) is 8.74. The Kier molecular flexibility index (Phi) is 6.78. The second-order valence-electron chi connectivity index (χ2n) is 7.65. The van der Waals surface area contributed by atoms with Crippen LogP contribution in [0, 0.1) is 25.2 Å². The van der Waals surface area contributed by atoms with Crippen molar-refractivity contribution in [2.24, 2.45) is 11.3 Å². The molecule has 2 fully saturated rings. The maximum absolute atomic E-state index is 12.8. The molecule has 1 aromatic rings. The van der Waals surface area contributed by atoms with Gasteiger partial charge in [0.1, 0.15) is 0 Å². The number of nitrogens with zero attached hydrogens (tertiary/aromatic N) is 2. The van der Waals surface area contributed by atoms with Crippen LogP contribution in [0.25, 0.3) is 0 Å². The van der Waals surface area contributed by atoms with Crippen LogP contribution in [0.2, 0.25) is 0 Å². The molecule has 0 aromatic carbocycles. The molecule has 0 bridgehead atoms. The number of hydrogen-bond acceptors (Lipinski definition) is 5. The van der Waals surface area contributed by atoms with E-state index in [0.29, 0.717) is 5.92 Å². The monoisotopic (exact) mass is 422 g/mol. The smallest absolute Gasteiger partial charge is 0.475 e. The maximum atomic E-state index is 12.8. The summed E-state index contributed by atoms with van der Waals surface area (Å²) in [6.45, 7) is 8.37. The zero-order valence-electron chi connectivity index (χ0n) is 16.3. The molecule has 2 aliphatic rings. The number of carboxylic acid groups (broad SMARTS) is 1. The van der Waals surface area contributed by atoms with Crippen molar-refractivity contribution in [2.45, 2.75) is 20.0 Å². The van der Waals surface area contributed by atoms with Crippen LogP contribution in [-0.4, -0.2) is 79.9 Å². The zero-order valence-corrected chi connectivity index (χ0v) is 17.1. The van der Waals surface area contributed by atoms with E-state index in [0.717, 1.165) is 37.7 Å². The minimum Gasteiger partial charge on any atom is -0.475 e. The Hall–Kier alpha value is -1.65. The average Bonchev–Trinajstić information content (AvgIpc) is 3.18. The average molecular weight is 422 g/mol. The predicted molar refractivity (Wildman–Crippen MR) is 98.7 cm³/mol. The minimum atomic E-state index is -5.08. The lowest BCUT2D eigenvalue weighted by atomic mass is 9.81. The maximum Gasteiger partial charge on any atom is 0.490 e. The van der Waals surface area contributed by atoms with Crippen LogP contribution in [0.4, 0.5) is 13.2 Å². The Morgan fingerprint density at radius 3 is 2.46 bits per heavy atom. The molecule has 2 aliphatic heterocycles. The van der Waals surface area contributed by atoms with Gasteiger partial charge in [0.05, 0.1) is 18.1 Å². The molecule has 1 N–H and O–H groups in total. The molecule has 1 aromatic heterocycles. The fourth-order valence-corrected chi connectivity index (χ4v) is 4.68. The predicted octanol–water partition coefficient (Wildman–Crippen LogP) is 2.65. The van der Waals surface area contributed by atoms with E-state index in [4.69, 9.17) is 14.6 Å². The molecule has 10 heteroatoms. The van der Waals surface area contributed by atoms with Crippen molar-refractivity contribution in [3.63, 3.8) is 0 Å². The van der Waals surface area contributed by atoms with Crippen LogP contribution in [0.5, 0.6) is 0 Å². The lowest BCUT2D eigenvalue weighted by Gasteiger charge is -2.30. The van der Waals surface area contributed by atoms with Gasteiger partial charge >= 0.3 is 12.1 Å². The van der Waals surface area contributed by atoms with Crippen molar-refractivity contribution in [2.75, 3.05) is 46.9 Å². The van der Waals surface area contributed by atoms with Gasteiger partial charge < -0.3 is 19.6 Å². The number of carbonyl (C=O) groups is 2. The van der Waals surface area contributed by atoms with Gasteiger partial charge in [-0.25, -0.2) is 4.79 Å². The van der Waals surface area contributed by atoms with Crippen molar-refractivity contribution in [3.8, 4) is 0 Å². The molecule has 6 nitrogen and oxygen atoms in total. The highest BCUT2D eigenvalue weighted by Gasteiger charge is 2.52. The highest BCUT2D eigenvalue weighted by molar-refractivity contribution is 7.14. The van der Waals surface area contributed by atoms with Crippen LogP contribution in [0.15, 0.2) is 6.07 Å². The first-order chi connectivity index (χ1) is 12.9. The summed E-state index contributed by atoms with van der Waals surface area (Å²) >= 11 is 1.62. The standard InChI is InChI=1S/C16H24N2O2S.C2HF3O2/c1-11-5-14(21-12(11)2)15(19)18-6-13-7-20-10-16(13,9-18)8-17(3)4;3-2(4,5)1(6)7/h5,13H,6-10H2,1-4H3;(H,6,7)/t13-,16+;/m1./s1. The number of likely N-dealkylation sites (tertiary alicyclic amines) is 1. The fourth-order valence-electron chi connectivity index (χ4n) is 3.67. The summed E-state index contributed by atoms with van der Waals surface area (Å²) in [5.74, 6) is -2.08. The number of aliphatic carboxylic acids is 1. The molecule has 2 atom stereocenters. The Balaban J connectivity index is 0.000000345. The van der Waals surface area contributed by atoms with E-state index in [1.807, 2.05) is 11.0 Å². The zero-order chi connectivity index (χ0) is 21.3. The number of alkyl halides is 3. The molecule has 158 valence electrons. The summed E-state index contributed by atoms with van der Waals surface area (Å²) in [6, 6.07) is 2.03. The Morgan fingerprint density at radius 2 is 2.00 bits per heavy atom. The van der Waals surface area contributed by atoms with Gasteiger partial charge in [-0.15, -0.1) is 11.3 Å². The molecule has 2 saturated heterocycles. The first kappa shape index (κ1) is 22.6. The number of thiophene rings is 1. The van der Waals surface area contributed by atoms with Gasteiger partial charge in [0, 0.05) is 35.8 Å². The third-order valence-corrected chi connectivity index (χ3v) is 6.20. The summed E-state index contributed by atoms with van der Waals surface area (Å²) in [7, 11) is 4.20. The second-order valence-corrected chi connectivity index (χ2v) is 8.91. The quantitative estimate of drug-likeness (QED) is 0.811. The van der Waals surface area contributed by atoms with Gasteiger partial charge in [0.25, 0.3) is 5.91 Å². The SMILES string of the molecule is Cc1cc(C(=O)N2C[C@@H]3COC[C@]3(CN(C)C)C2)sc1C.O=C(O)C(F)(F)F. The van der Waals surface area contributed by atoms with E-state index in [-0.39, 0.29) is 11.3 Å². The number of amides is 1. The molecule has 0 unspecified atom stereocenters. The summed E-state index contributed by atoms with van der Waals surface area (Å²) < 4.78 is 37.4. The summed E-state index contributed by atoms with van der Waals surface area (Å²) in [5, 5.41) is 7.12. The molecule has 3 rings (SSSR count). The number of fused-ring (bicyclic) bond motifs is 1. The summed E-state index contributed by atoms with van der Waals surface area (Å²) in [5.41, 5.74) is 1.34. The van der Waals surface area contributed by atoms with E-state index in [1.54, 1.807) is 11.3 Å². The summed E-state index contributed by atoms with van der Waals surface area (Å²) in [6.07, 6.45) is -5.08. The van der Waals surface area contributed by atoms with Crippen molar-refractivity contribution >= 4 is 23.2 Å². The van der Waals surface area contributed by atoms with Gasteiger partial charge in [-0.05, 0) is 39.6 Å². The normalized spacial score (nSPS) is 24.1. The first-order valence-corrected chi connectivity index (χ1v) is 9.56. The van der Waals surface area contributed by atoms with E-state index in [1.165, 1.54) is 10.4 Å². The van der Waals surface area contributed by atoms with Crippen molar-refractivity contribution < 1.29 is 32.6 Å². The number of rotatable bonds is 3. The van der Waals surface area contributed by atoms with E-state index >= 15 is 0 Å². The van der Waals surface area contributed by atoms with Crippen LogP contribution < -0.4 is 0 Å². The van der Waals surface area contributed by atoms with E-state index < -0.39 is 12.1 Å². The number of ether oxygens (including phenoxy) is 1. The minimum absolute atomic E-state index is 0.126. The third kappa shape index (κ3) is 5.03. The number of aryl methyl sites for hydroxylation is 2. The largest absolute Gasteiger partial charge is 0.490 e. The summed E-state index contributed by atoms with van der Waals surface area (Å²) in [4.78, 5) is 28.0. The molecular weight excluding hydrogens is 397 g/mol. The lowest BCUT2D eigenvalue weighted by Crippen LogP contribution is -2.41.